The zero-order chi connectivity index (χ0) is 7.56. The predicted molar refractivity (Wildman–Crippen MR) is 45.9 cm³/mol. The van der Waals surface area contributed by atoms with Gasteiger partial charge in [-0.05, 0) is 24.0 Å². The van der Waals surface area contributed by atoms with E-state index in [-0.39, 0.29) is 0 Å². The number of hydrogen-bond donors (Lipinski definition) is 0. The van der Waals surface area contributed by atoms with Gasteiger partial charge in [0.05, 0.1) is 7.11 Å². The quantitative estimate of drug-likeness (QED) is 0.500. The van der Waals surface area contributed by atoms with E-state index in [4.69, 9.17) is 4.74 Å². The minimum atomic E-state index is 0.972. The minimum Gasteiger partial charge on any atom is -0.497 e. The van der Waals surface area contributed by atoms with Crippen LogP contribution < -0.4 is 10.2 Å². The van der Waals surface area contributed by atoms with Gasteiger partial charge in [-0.25, -0.2) is 0 Å². The third-order valence-electron chi connectivity index (χ3n) is 1.56. The number of benzene rings is 1. The molecule has 10 heavy (non-hydrogen) atoms. The van der Waals surface area contributed by atoms with Gasteiger partial charge in [-0.3, -0.25) is 0 Å². The zero-order valence-electron chi connectivity index (χ0n) is 6.64. The smallest absolute Gasteiger partial charge is 0.144 e. The van der Waals surface area contributed by atoms with E-state index in [2.05, 4.69) is 19.1 Å². The Labute approximate surface area is 62.4 Å². The molecule has 0 amide bonds. The van der Waals surface area contributed by atoms with Crippen molar-refractivity contribution in [3.05, 3.63) is 23.8 Å². The van der Waals surface area contributed by atoms with Crippen molar-refractivity contribution in [3.63, 3.8) is 0 Å². The Bertz CT molecular complexity index is 233. The first-order valence-corrected chi connectivity index (χ1v) is 3.35. The van der Waals surface area contributed by atoms with E-state index >= 15 is 0 Å². The maximum atomic E-state index is 5.13. The van der Waals surface area contributed by atoms with Crippen LogP contribution in [0.2, 0.25) is 0 Å². The molecule has 0 aliphatic rings. The van der Waals surface area contributed by atoms with Crippen LogP contribution in [-0.2, 0) is 0 Å². The van der Waals surface area contributed by atoms with Crippen LogP contribution in [0.3, 0.4) is 0 Å². The SMILES string of the molecule is Bc1ccc(C)cc1OC. The topological polar surface area (TPSA) is 9.23 Å². The molecular formula is C8H11BO. The van der Waals surface area contributed by atoms with E-state index in [9.17, 15) is 0 Å². The van der Waals surface area contributed by atoms with E-state index in [1.807, 2.05) is 13.9 Å². The molecule has 0 aliphatic carbocycles. The van der Waals surface area contributed by atoms with Crippen LogP contribution in [0, 0.1) is 6.92 Å². The van der Waals surface area contributed by atoms with Crippen LogP contribution >= 0.6 is 0 Å². The molecule has 0 radical (unpaired) electrons. The Hall–Kier alpha value is -0.915. The van der Waals surface area contributed by atoms with E-state index in [0.717, 1.165) is 5.75 Å². The number of hydrogen-bond acceptors (Lipinski definition) is 1. The third-order valence-corrected chi connectivity index (χ3v) is 1.56. The Morgan fingerprint density at radius 2 is 2.10 bits per heavy atom. The van der Waals surface area contributed by atoms with Crippen molar-refractivity contribution in [1.29, 1.82) is 0 Å². The fourth-order valence-corrected chi connectivity index (χ4v) is 0.927. The Morgan fingerprint density at radius 3 is 2.60 bits per heavy atom. The Balaban J connectivity index is 3.09. The van der Waals surface area contributed by atoms with Crippen molar-refractivity contribution in [2.45, 2.75) is 6.92 Å². The predicted octanol–water partition coefficient (Wildman–Crippen LogP) is 0.262. The molecular weight excluding hydrogens is 123 g/mol. The van der Waals surface area contributed by atoms with Gasteiger partial charge in [0.2, 0.25) is 0 Å². The van der Waals surface area contributed by atoms with Crippen molar-refractivity contribution in [2.75, 3.05) is 7.11 Å². The van der Waals surface area contributed by atoms with E-state index in [1.165, 1.54) is 11.0 Å². The molecule has 0 fully saturated rings. The maximum Gasteiger partial charge on any atom is 0.144 e. The number of ether oxygens (including phenoxy) is 1. The van der Waals surface area contributed by atoms with Crippen molar-refractivity contribution >= 4 is 13.3 Å². The van der Waals surface area contributed by atoms with Crippen LogP contribution in [0.1, 0.15) is 5.56 Å². The highest BCUT2D eigenvalue weighted by molar-refractivity contribution is 6.34. The molecule has 0 N–H and O–H groups in total. The first kappa shape index (κ1) is 7.20. The van der Waals surface area contributed by atoms with Crippen LogP contribution in [0.15, 0.2) is 18.2 Å². The second-order valence-electron chi connectivity index (χ2n) is 2.47. The number of methoxy groups -OCH3 is 1. The molecule has 0 aliphatic heterocycles. The fourth-order valence-electron chi connectivity index (χ4n) is 0.927. The van der Waals surface area contributed by atoms with E-state index < -0.39 is 0 Å². The second kappa shape index (κ2) is 2.78. The minimum absolute atomic E-state index is 0.972. The summed E-state index contributed by atoms with van der Waals surface area (Å²) in [6, 6.07) is 6.18. The summed E-state index contributed by atoms with van der Waals surface area (Å²) in [4.78, 5) is 0. The number of rotatable bonds is 1. The lowest BCUT2D eigenvalue weighted by molar-refractivity contribution is 0.418. The molecule has 0 bridgehead atoms. The summed E-state index contributed by atoms with van der Waals surface area (Å²) in [6.45, 7) is 2.06. The molecule has 0 saturated carbocycles. The van der Waals surface area contributed by atoms with Gasteiger partial charge in [-0.15, -0.1) is 0 Å². The molecule has 0 aromatic heterocycles. The summed E-state index contributed by atoms with van der Waals surface area (Å²) in [5, 5.41) is 0. The van der Waals surface area contributed by atoms with Gasteiger partial charge < -0.3 is 4.74 Å². The van der Waals surface area contributed by atoms with Gasteiger partial charge in [0.15, 0.2) is 0 Å². The van der Waals surface area contributed by atoms with Gasteiger partial charge in [0.25, 0.3) is 0 Å². The average molecular weight is 134 g/mol. The van der Waals surface area contributed by atoms with Gasteiger partial charge >= 0.3 is 0 Å². The molecule has 52 valence electrons. The van der Waals surface area contributed by atoms with Gasteiger partial charge in [-0.1, -0.05) is 12.1 Å². The molecule has 1 aromatic rings. The molecule has 0 spiro atoms. The van der Waals surface area contributed by atoms with Crippen LogP contribution in [-0.4, -0.2) is 15.0 Å². The molecule has 0 atom stereocenters. The highest BCUT2D eigenvalue weighted by Gasteiger charge is 1.94. The molecule has 0 saturated heterocycles. The fraction of sp³-hybridized carbons (Fsp3) is 0.250. The van der Waals surface area contributed by atoms with Gasteiger partial charge in [0.1, 0.15) is 13.6 Å². The van der Waals surface area contributed by atoms with E-state index in [0.29, 0.717) is 0 Å². The molecule has 0 unspecified atom stereocenters. The summed E-state index contributed by atoms with van der Waals surface area (Å²) < 4.78 is 5.13. The van der Waals surface area contributed by atoms with Crippen LogP contribution in [0.4, 0.5) is 0 Å². The zero-order valence-corrected chi connectivity index (χ0v) is 6.64. The van der Waals surface area contributed by atoms with Crippen molar-refractivity contribution < 1.29 is 4.74 Å². The third kappa shape index (κ3) is 1.32. The lowest BCUT2D eigenvalue weighted by Gasteiger charge is -2.03. The second-order valence-corrected chi connectivity index (χ2v) is 2.47. The van der Waals surface area contributed by atoms with Crippen LogP contribution in [0.5, 0.6) is 5.75 Å². The lowest BCUT2D eigenvalue weighted by atomic mass is 9.94. The molecule has 1 aromatic carbocycles. The van der Waals surface area contributed by atoms with E-state index in [1.54, 1.807) is 7.11 Å². The van der Waals surface area contributed by atoms with Gasteiger partial charge in [-0.2, -0.15) is 0 Å². The lowest BCUT2D eigenvalue weighted by Crippen LogP contribution is -2.06. The van der Waals surface area contributed by atoms with Crippen molar-refractivity contribution in [1.82, 2.24) is 0 Å². The average Bonchev–Trinajstić information content (AvgIpc) is 1.94. The molecule has 2 heteroatoms. The maximum absolute atomic E-state index is 5.13. The number of aryl methyl sites for hydroxylation is 1. The largest absolute Gasteiger partial charge is 0.497 e. The highest BCUT2D eigenvalue weighted by atomic mass is 16.5. The Morgan fingerprint density at radius 1 is 1.40 bits per heavy atom. The summed E-state index contributed by atoms with van der Waals surface area (Å²) in [7, 11) is 3.74. The standard InChI is InChI=1S/C8H11BO/c1-6-3-4-7(9)8(5-6)10-2/h3-5H,9H2,1-2H3. The highest BCUT2D eigenvalue weighted by Crippen LogP contribution is 2.07. The molecule has 1 nitrogen and oxygen atoms in total. The van der Waals surface area contributed by atoms with Crippen molar-refractivity contribution in [2.24, 2.45) is 0 Å². The summed E-state index contributed by atoms with van der Waals surface area (Å²) >= 11 is 0. The van der Waals surface area contributed by atoms with Crippen LogP contribution in [0.25, 0.3) is 0 Å². The first-order chi connectivity index (χ1) is 4.74. The van der Waals surface area contributed by atoms with Gasteiger partial charge in [0, 0.05) is 0 Å². The Kier molecular flexibility index (Phi) is 2.00. The normalized spacial score (nSPS) is 9.40. The summed E-state index contributed by atoms with van der Waals surface area (Å²) in [5.74, 6) is 0.972. The summed E-state index contributed by atoms with van der Waals surface area (Å²) in [5.41, 5.74) is 2.43. The summed E-state index contributed by atoms with van der Waals surface area (Å²) in [6.07, 6.45) is 0. The first-order valence-electron chi connectivity index (χ1n) is 3.35. The molecule has 0 heterocycles. The molecule has 1 rings (SSSR count). The monoisotopic (exact) mass is 134 g/mol. The van der Waals surface area contributed by atoms with Crippen molar-refractivity contribution in [3.8, 4) is 5.75 Å².